The van der Waals surface area contributed by atoms with Crippen molar-refractivity contribution >= 4 is 17.9 Å². The number of aliphatic carboxylic acids is 1. The van der Waals surface area contributed by atoms with Gasteiger partial charge in [0.25, 0.3) is 0 Å². The number of nitroso groups, excluding NO2 is 1. The molecule has 16 heavy (non-hydrogen) atoms. The van der Waals surface area contributed by atoms with Crippen molar-refractivity contribution < 1.29 is 9.90 Å². The van der Waals surface area contributed by atoms with Crippen molar-refractivity contribution in [3.05, 3.63) is 4.91 Å². The molecule has 0 bridgehead atoms. The first kappa shape index (κ1) is 13.4. The van der Waals surface area contributed by atoms with E-state index in [0.29, 0.717) is 12.8 Å². The highest BCUT2D eigenvalue weighted by molar-refractivity contribution is 7.99. The lowest BCUT2D eigenvalue weighted by Crippen LogP contribution is -2.42. The minimum Gasteiger partial charge on any atom is -0.481 e. The molecule has 0 aliphatic carbocycles. The summed E-state index contributed by atoms with van der Waals surface area (Å²) in [5, 5.41) is 8.86. The van der Waals surface area contributed by atoms with Crippen LogP contribution in [0.1, 0.15) is 26.7 Å². The zero-order chi connectivity index (χ0) is 12.2. The highest BCUT2D eigenvalue weighted by atomic mass is 32.2. The van der Waals surface area contributed by atoms with E-state index >= 15 is 0 Å². The van der Waals surface area contributed by atoms with Crippen LogP contribution < -0.4 is 0 Å². The van der Waals surface area contributed by atoms with Crippen molar-refractivity contribution in [2.45, 2.75) is 31.4 Å². The van der Waals surface area contributed by atoms with Gasteiger partial charge < -0.3 is 10.0 Å². The molecule has 0 amide bonds. The van der Waals surface area contributed by atoms with Gasteiger partial charge in [0, 0.05) is 27.8 Å². The largest absolute Gasteiger partial charge is 0.481 e. The Kier molecular flexibility index (Phi) is 4.73. The highest BCUT2D eigenvalue weighted by Gasteiger charge is 2.29. The van der Waals surface area contributed by atoms with Crippen LogP contribution in [0.3, 0.4) is 0 Å². The zero-order valence-corrected chi connectivity index (χ0v) is 10.5. The van der Waals surface area contributed by atoms with Crippen molar-refractivity contribution in [2.75, 3.05) is 19.6 Å². The first-order valence-electron chi connectivity index (χ1n) is 5.40. The molecule has 1 N–H and O–H groups in total. The number of hydrogen-bond donors (Lipinski definition) is 1. The standard InChI is InChI=1S/C10H18N2O3S/c1-10(2,16-11-15)7-12-5-3-8(4-6-12)9(13)14/h8H,3-7H2,1-2H3,(H,13,14). The predicted molar refractivity (Wildman–Crippen MR) is 64.3 cm³/mol. The molecule has 1 fully saturated rings. The monoisotopic (exact) mass is 246 g/mol. The van der Waals surface area contributed by atoms with Gasteiger partial charge in [-0.3, -0.25) is 4.79 Å². The van der Waals surface area contributed by atoms with Crippen LogP contribution >= 0.6 is 11.9 Å². The summed E-state index contributed by atoms with van der Waals surface area (Å²) in [7, 11) is 0. The summed E-state index contributed by atoms with van der Waals surface area (Å²) in [5.41, 5.74) is 0. The summed E-state index contributed by atoms with van der Waals surface area (Å²) < 4.78 is 2.67. The molecule has 1 rings (SSSR count). The van der Waals surface area contributed by atoms with E-state index in [1.165, 1.54) is 0 Å². The van der Waals surface area contributed by atoms with E-state index in [9.17, 15) is 9.70 Å². The van der Waals surface area contributed by atoms with E-state index in [-0.39, 0.29) is 10.7 Å². The fourth-order valence-electron chi connectivity index (χ4n) is 2.01. The van der Waals surface area contributed by atoms with Crippen molar-refractivity contribution in [2.24, 2.45) is 10.5 Å². The second-order valence-corrected chi connectivity index (χ2v) is 6.25. The maximum absolute atomic E-state index is 10.8. The van der Waals surface area contributed by atoms with E-state index in [0.717, 1.165) is 31.6 Å². The van der Waals surface area contributed by atoms with Gasteiger partial charge in [0.15, 0.2) is 0 Å². The van der Waals surface area contributed by atoms with Gasteiger partial charge in [-0.1, -0.05) is 0 Å². The van der Waals surface area contributed by atoms with E-state index in [2.05, 4.69) is 9.48 Å². The molecule has 0 unspecified atom stereocenters. The normalized spacial score (nSPS) is 19.6. The molecule has 0 spiro atoms. The van der Waals surface area contributed by atoms with Crippen LogP contribution in [-0.4, -0.2) is 40.4 Å². The number of carboxylic acids is 1. The topological polar surface area (TPSA) is 70.0 Å². The number of piperidine rings is 1. The van der Waals surface area contributed by atoms with Crippen LogP contribution in [0.15, 0.2) is 4.58 Å². The second kappa shape index (κ2) is 5.63. The molecule has 0 saturated carbocycles. The molecule has 0 atom stereocenters. The van der Waals surface area contributed by atoms with Crippen molar-refractivity contribution in [1.29, 1.82) is 0 Å². The number of likely N-dealkylation sites (tertiary alicyclic amines) is 1. The minimum atomic E-state index is -0.692. The Morgan fingerprint density at radius 2 is 2.06 bits per heavy atom. The van der Waals surface area contributed by atoms with E-state index in [1.807, 2.05) is 13.8 Å². The third-order valence-electron chi connectivity index (χ3n) is 2.83. The number of hydrogen-bond acceptors (Lipinski definition) is 5. The quantitative estimate of drug-likeness (QED) is 0.593. The van der Waals surface area contributed by atoms with Crippen LogP contribution in [0.4, 0.5) is 0 Å². The van der Waals surface area contributed by atoms with Gasteiger partial charge in [0.2, 0.25) is 0 Å². The zero-order valence-electron chi connectivity index (χ0n) is 9.68. The van der Waals surface area contributed by atoms with E-state index in [4.69, 9.17) is 5.11 Å². The molecule has 0 radical (unpaired) electrons. The van der Waals surface area contributed by atoms with Gasteiger partial charge in [0.1, 0.15) is 0 Å². The van der Waals surface area contributed by atoms with Gasteiger partial charge in [-0.05, 0) is 39.8 Å². The number of carboxylic acid groups (broad SMARTS) is 1. The smallest absolute Gasteiger partial charge is 0.306 e. The van der Waals surface area contributed by atoms with Gasteiger partial charge in [-0.2, -0.15) is 0 Å². The van der Waals surface area contributed by atoms with Gasteiger partial charge in [-0.15, -0.1) is 4.91 Å². The molecule has 0 aromatic rings. The molecular weight excluding hydrogens is 228 g/mol. The Morgan fingerprint density at radius 1 is 1.50 bits per heavy atom. The highest BCUT2D eigenvalue weighted by Crippen LogP contribution is 2.28. The number of rotatable bonds is 5. The maximum Gasteiger partial charge on any atom is 0.306 e. The van der Waals surface area contributed by atoms with Crippen LogP contribution in [0.2, 0.25) is 0 Å². The Bertz CT molecular complexity index is 263. The average molecular weight is 246 g/mol. The maximum atomic E-state index is 10.8. The second-order valence-electron chi connectivity index (χ2n) is 4.81. The van der Waals surface area contributed by atoms with Gasteiger partial charge in [-0.25, -0.2) is 0 Å². The summed E-state index contributed by atoms with van der Waals surface area (Å²) in [6.07, 6.45) is 1.40. The lowest BCUT2D eigenvalue weighted by atomic mass is 9.96. The van der Waals surface area contributed by atoms with Gasteiger partial charge >= 0.3 is 5.97 Å². The van der Waals surface area contributed by atoms with Crippen LogP contribution in [0.25, 0.3) is 0 Å². The van der Waals surface area contributed by atoms with Crippen molar-refractivity contribution in [3.63, 3.8) is 0 Å². The fraction of sp³-hybridized carbons (Fsp3) is 0.900. The third kappa shape index (κ3) is 4.09. The Labute approximate surface area is 99.7 Å². The Balaban J connectivity index is 2.37. The molecule has 6 heteroatoms. The first-order chi connectivity index (χ1) is 7.44. The Hall–Kier alpha value is -0.620. The molecule has 5 nitrogen and oxygen atoms in total. The van der Waals surface area contributed by atoms with Crippen molar-refractivity contribution in [1.82, 2.24) is 4.90 Å². The molecule has 1 heterocycles. The molecule has 0 aromatic carbocycles. The molecule has 1 aliphatic heterocycles. The third-order valence-corrected chi connectivity index (χ3v) is 3.52. The number of nitrogens with zero attached hydrogens (tertiary/aromatic N) is 2. The van der Waals surface area contributed by atoms with Crippen molar-refractivity contribution in [3.8, 4) is 0 Å². The van der Waals surface area contributed by atoms with Crippen LogP contribution in [0.5, 0.6) is 0 Å². The summed E-state index contributed by atoms with van der Waals surface area (Å²) in [4.78, 5) is 23.2. The minimum absolute atomic E-state index is 0.197. The first-order valence-corrected chi connectivity index (χ1v) is 6.18. The molecule has 1 aliphatic rings. The summed E-state index contributed by atoms with van der Waals surface area (Å²) in [6.45, 7) is 6.31. The predicted octanol–water partition coefficient (Wildman–Crippen LogP) is 1.98. The molecule has 92 valence electrons. The molecule has 1 saturated heterocycles. The lowest BCUT2D eigenvalue weighted by Gasteiger charge is -2.34. The molecular formula is C10H18N2O3S. The molecule has 0 aromatic heterocycles. The summed E-state index contributed by atoms with van der Waals surface area (Å²) >= 11 is 1.05. The van der Waals surface area contributed by atoms with Gasteiger partial charge in [0.05, 0.1) is 5.92 Å². The number of carbonyl (C=O) groups is 1. The SMILES string of the molecule is CC(C)(CN1CCC(C(=O)O)CC1)SN=O. The van der Waals surface area contributed by atoms with E-state index in [1.54, 1.807) is 0 Å². The van der Waals surface area contributed by atoms with Crippen LogP contribution in [0, 0.1) is 10.8 Å². The fourth-order valence-corrected chi connectivity index (χ4v) is 2.45. The summed E-state index contributed by atoms with van der Waals surface area (Å²) in [6, 6.07) is 0. The average Bonchev–Trinajstić information content (AvgIpc) is 2.17. The van der Waals surface area contributed by atoms with Crippen LogP contribution in [-0.2, 0) is 4.79 Å². The Morgan fingerprint density at radius 3 is 2.50 bits per heavy atom. The summed E-state index contributed by atoms with van der Waals surface area (Å²) in [5.74, 6) is -0.890. The van der Waals surface area contributed by atoms with E-state index < -0.39 is 5.97 Å². The lowest BCUT2D eigenvalue weighted by molar-refractivity contribution is -0.143.